The normalized spacial score (nSPS) is 20.6. The van der Waals surface area contributed by atoms with Crippen molar-refractivity contribution in [2.75, 3.05) is 32.8 Å². The molecule has 0 aromatic carbocycles. The van der Waals surface area contributed by atoms with Gasteiger partial charge in [-0.25, -0.2) is 4.79 Å². The van der Waals surface area contributed by atoms with Crippen molar-refractivity contribution < 1.29 is 9.53 Å². The molecule has 0 aromatic heterocycles. The Morgan fingerprint density at radius 2 is 2.29 bits per heavy atom. The quantitative estimate of drug-likeness (QED) is 0.445. The van der Waals surface area contributed by atoms with Crippen molar-refractivity contribution >= 4 is 12.3 Å². The van der Waals surface area contributed by atoms with Gasteiger partial charge in [0.25, 0.3) is 0 Å². The Kier molecular flexibility index (Phi) is 5.13. The molecule has 2 rings (SSSR count). The number of hydrogen-bond donors (Lipinski definition) is 2. The average Bonchev–Trinajstić information content (AvgIpc) is 2.53. The van der Waals surface area contributed by atoms with Crippen LogP contribution in [0.4, 0.5) is 4.79 Å². The molecule has 0 bridgehead atoms. The molecule has 0 unspecified atom stereocenters. The second kappa shape index (κ2) is 7.27. The van der Waals surface area contributed by atoms with Gasteiger partial charge in [0.1, 0.15) is 5.82 Å². The first-order chi connectivity index (χ1) is 10.2. The third-order valence-electron chi connectivity index (χ3n) is 3.09. The largest absolute Gasteiger partial charge is 0.450 e. The summed E-state index contributed by atoms with van der Waals surface area (Å²) in [5.41, 5.74) is 0.703. The van der Waals surface area contributed by atoms with Gasteiger partial charge in [-0.3, -0.25) is 4.99 Å². The van der Waals surface area contributed by atoms with E-state index in [1.807, 2.05) is 0 Å². The number of nitrogens with zero attached hydrogens (tertiary/aromatic N) is 5. The van der Waals surface area contributed by atoms with Gasteiger partial charge >= 0.3 is 6.09 Å². The van der Waals surface area contributed by atoms with Gasteiger partial charge in [0.15, 0.2) is 0 Å². The lowest BCUT2D eigenvalue weighted by molar-refractivity contribution is 0.0857. The zero-order valence-corrected chi connectivity index (χ0v) is 11.9. The van der Waals surface area contributed by atoms with Gasteiger partial charge in [-0.15, -0.1) is 5.11 Å². The van der Waals surface area contributed by atoms with Crippen LogP contribution in [0.1, 0.15) is 6.92 Å². The highest BCUT2D eigenvalue weighted by Crippen LogP contribution is 2.12. The van der Waals surface area contributed by atoms with E-state index in [1.165, 1.54) is 6.20 Å². The molecule has 21 heavy (non-hydrogen) atoms. The Labute approximate surface area is 122 Å². The summed E-state index contributed by atoms with van der Waals surface area (Å²) in [5, 5.41) is 9.95. The van der Waals surface area contributed by atoms with Crippen LogP contribution in [0.5, 0.6) is 0 Å². The number of carbonyl (C=O) groups excluding carboxylic acids is 1. The summed E-state index contributed by atoms with van der Waals surface area (Å²) >= 11 is 0. The highest BCUT2D eigenvalue weighted by atomic mass is 16.6. The molecule has 0 aromatic rings. The van der Waals surface area contributed by atoms with E-state index in [9.17, 15) is 4.79 Å². The molecule has 114 valence electrons. The van der Waals surface area contributed by atoms with E-state index in [0.717, 1.165) is 5.82 Å². The van der Waals surface area contributed by atoms with Crippen LogP contribution in [-0.4, -0.2) is 54.9 Å². The molecule has 3 N–H and O–H groups in total. The number of carbonyl (C=O) groups is 1. The molecule has 0 radical (unpaired) electrons. The minimum atomic E-state index is -0.260. The fourth-order valence-corrected chi connectivity index (χ4v) is 2.07. The maximum atomic E-state index is 11.6. The second-order valence-corrected chi connectivity index (χ2v) is 4.41. The van der Waals surface area contributed by atoms with Crippen molar-refractivity contribution in [3.05, 3.63) is 23.9 Å². The molecule has 9 nitrogen and oxygen atoms in total. The third-order valence-corrected chi connectivity index (χ3v) is 3.09. The minimum Gasteiger partial charge on any atom is -0.450 e. The van der Waals surface area contributed by atoms with Crippen LogP contribution >= 0.6 is 0 Å². The highest BCUT2D eigenvalue weighted by Gasteiger charge is 2.23. The van der Waals surface area contributed by atoms with E-state index in [2.05, 4.69) is 25.5 Å². The fourth-order valence-electron chi connectivity index (χ4n) is 2.07. The lowest BCUT2D eigenvalue weighted by Crippen LogP contribution is -2.50. The van der Waals surface area contributed by atoms with Crippen molar-refractivity contribution in [2.45, 2.75) is 6.92 Å². The molecular weight excluding hydrogens is 274 g/mol. The van der Waals surface area contributed by atoms with Gasteiger partial charge < -0.3 is 25.7 Å². The SMILES string of the molecule is CCOC(=O)N1CCN(C2=CN=CC(=CN=NN)N2)CC1. The van der Waals surface area contributed by atoms with Crippen LogP contribution in [0.2, 0.25) is 0 Å². The van der Waals surface area contributed by atoms with E-state index in [-0.39, 0.29) is 6.09 Å². The first-order valence-corrected chi connectivity index (χ1v) is 6.71. The molecule has 1 fully saturated rings. The van der Waals surface area contributed by atoms with E-state index >= 15 is 0 Å². The summed E-state index contributed by atoms with van der Waals surface area (Å²) in [7, 11) is 0. The Bertz CT molecular complexity index is 490. The Morgan fingerprint density at radius 1 is 1.52 bits per heavy atom. The molecule has 9 heteroatoms. The molecule has 1 saturated heterocycles. The zero-order valence-electron chi connectivity index (χ0n) is 11.9. The van der Waals surface area contributed by atoms with E-state index in [1.54, 1.807) is 24.2 Å². The van der Waals surface area contributed by atoms with Crippen molar-refractivity contribution in [1.82, 2.24) is 15.1 Å². The Balaban J connectivity index is 1.89. The number of aliphatic imine (C=N–C) groups is 1. The second-order valence-electron chi connectivity index (χ2n) is 4.41. The smallest absolute Gasteiger partial charge is 0.409 e. The molecular formula is C12H19N7O2. The summed E-state index contributed by atoms with van der Waals surface area (Å²) in [6, 6.07) is 0. The van der Waals surface area contributed by atoms with Crippen LogP contribution in [0.25, 0.3) is 0 Å². The van der Waals surface area contributed by atoms with Crippen molar-refractivity contribution in [1.29, 1.82) is 0 Å². The molecule has 2 aliphatic rings. The lowest BCUT2D eigenvalue weighted by Gasteiger charge is -2.37. The first-order valence-electron chi connectivity index (χ1n) is 6.71. The summed E-state index contributed by atoms with van der Waals surface area (Å²) in [4.78, 5) is 19.6. The van der Waals surface area contributed by atoms with Crippen LogP contribution in [0.15, 0.2) is 39.2 Å². The highest BCUT2D eigenvalue weighted by molar-refractivity contribution is 5.79. The minimum absolute atomic E-state index is 0.260. The molecule has 2 heterocycles. The molecule has 0 saturated carbocycles. The lowest BCUT2D eigenvalue weighted by atomic mass is 10.3. The van der Waals surface area contributed by atoms with Crippen molar-refractivity contribution in [3.8, 4) is 0 Å². The number of piperazine rings is 1. The average molecular weight is 293 g/mol. The number of hydrogen-bond acceptors (Lipinski definition) is 7. The molecule has 0 aliphatic carbocycles. The van der Waals surface area contributed by atoms with Crippen LogP contribution < -0.4 is 11.2 Å². The van der Waals surface area contributed by atoms with Crippen LogP contribution in [0.3, 0.4) is 0 Å². The van der Waals surface area contributed by atoms with Gasteiger partial charge in [0, 0.05) is 26.2 Å². The van der Waals surface area contributed by atoms with Gasteiger partial charge in [-0.1, -0.05) is 5.22 Å². The maximum Gasteiger partial charge on any atom is 0.409 e. The Morgan fingerprint density at radius 3 is 2.95 bits per heavy atom. The van der Waals surface area contributed by atoms with Gasteiger partial charge in [-0.2, -0.15) is 0 Å². The summed E-state index contributed by atoms with van der Waals surface area (Å²) in [6.45, 7) is 4.84. The van der Waals surface area contributed by atoms with E-state index in [4.69, 9.17) is 10.6 Å². The van der Waals surface area contributed by atoms with Gasteiger partial charge in [0.05, 0.1) is 30.9 Å². The standard InChI is InChI=1S/C12H19N7O2/c1-2-21-12(20)19-5-3-18(4-6-19)11-9-14-7-10(16-11)8-15-17-13/h7-9,16H,2-6H2,1H3,(H2,13,15). The Hall–Kier alpha value is -2.58. The topological polar surface area (TPSA) is 108 Å². The summed E-state index contributed by atoms with van der Waals surface area (Å²) < 4.78 is 4.99. The van der Waals surface area contributed by atoms with E-state index < -0.39 is 0 Å². The van der Waals surface area contributed by atoms with Crippen molar-refractivity contribution in [2.24, 2.45) is 21.2 Å². The fraction of sp³-hybridized carbons (Fsp3) is 0.500. The molecule has 1 amide bonds. The van der Waals surface area contributed by atoms with Gasteiger partial charge in [0.2, 0.25) is 0 Å². The predicted molar refractivity (Wildman–Crippen MR) is 77.0 cm³/mol. The van der Waals surface area contributed by atoms with Crippen molar-refractivity contribution in [3.63, 3.8) is 0 Å². The zero-order chi connectivity index (χ0) is 15.1. The summed E-state index contributed by atoms with van der Waals surface area (Å²) in [5.74, 6) is 5.82. The monoisotopic (exact) mass is 293 g/mol. The number of nitrogens with two attached hydrogens (primary N) is 1. The van der Waals surface area contributed by atoms with Gasteiger partial charge in [-0.05, 0) is 6.92 Å². The molecule has 0 spiro atoms. The molecule has 2 aliphatic heterocycles. The van der Waals surface area contributed by atoms with Crippen LogP contribution in [-0.2, 0) is 4.74 Å². The predicted octanol–water partition coefficient (Wildman–Crippen LogP) is 0.401. The number of rotatable bonds is 3. The first kappa shape index (κ1) is 14.8. The van der Waals surface area contributed by atoms with E-state index in [0.29, 0.717) is 38.5 Å². The number of amides is 1. The molecule has 0 atom stereocenters. The summed E-state index contributed by atoms with van der Waals surface area (Å²) in [6.07, 6.45) is 4.60. The maximum absolute atomic E-state index is 11.6. The third kappa shape index (κ3) is 3.94. The number of nitrogens with one attached hydrogen (secondary N) is 1. The number of ether oxygens (including phenoxy) is 1. The number of allylic oxidation sites excluding steroid dienone is 1. The van der Waals surface area contributed by atoms with Crippen LogP contribution in [0, 0.1) is 0 Å².